The predicted octanol–water partition coefficient (Wildman–Crippen LogP) is 2.46. The Kier molecular flexibility index (Phi) is 4.01. The van der Waals surface area contributed by atoms with E-state index in [1.165, 1.54) is 38.8 Å². The molecule has 0 saturated carbocycles. The van der Waals surface area contributed by atoms with Gasteiger partial charge in [-0.2, -0.15) is 5.10 Å². The van der Waals surface area contributed by atoms with Crippen LogP contribution in [0.1, 0.15) is 31.7 Å². The Hall–Kier alpha value is -0.390. The molecule has 2 aliphatic rings. The van der Waals surface area contributed by atoms with Crippen molar-refractivity contribution < 1.29 is 4.74 Å². The van der Waals surface area contributed by atoms with Gasteiger partial charge in [-0.05, 0) is 47.7 Å². The quantitative estimate of drug-likeness (QED) is 0.840. The van der Waals surface area contributed by atoms with Crippen LogP contribution in [0.3, 0.4) is 0 Å². The van der Waals surface area contributed by atoms with Crippen molar-refractivity contribution in [3.8, 4) is 0 Å². The summed E-state index contributed by atoms with van der Waals surface area (Å²) in [6.07, 6.45) is 6.92. The zero-order valence-corrected chi connectivity index (χ0v) is 12.2. The highest BCUT2D eigenvalue weighted by Crippen LogP contribution is 2.26. The number of nitrogens with zero attached hydrogens (tertiary/aromatic N) is 3. The van der Waals surface area contributed by atoms with E-state index in [1.807, 2.05) is 6.07 Å². The summed E-state index contributed by atoms with van der Waals surface area (Å²) in [7, 11) is 0. The molecule has 0 radical (unpaired) electrons. The molecular formula is C13H20BrN3O. The van der Waals surface area contributed by atoms with Gasteiger partial charge in [0, 0.05) is 38.5 Å². The summed E-state index contributed by atoms with van der Waals surface area (Å²) in [5.74, 6) is 0. The number of ether oxygens (including phenoxy) is 1. The van der Waals surface area contributed by atoms with Crippen molar-refractivity contribution in [3.63, 3.8) is 0 Å². The molecule has 0 atom stereocenters. The minimum absolute atomic E-state index is 0.576. The molecule has 3 rings (SSSR count). The molecule has 2 fully saturated rings. The van der Waals surface area contributed by atoms with E-state index in [4.69, 9.17) is 4.74 Å². The van der Waals surface area contributed by atoms with Gasteiger partial charge in [-0.15, -0.1) is 0 Å². The van der Waals surface area contributed by atoms with Gasteiger partial charge in [0.15, 0.2) is 0 Å². The van der Waals surface area contributed by atoms with Crippen LogP contribution in [0, 0.1) is 0 Å². The van der Waals surface area contributed by atoms with Crippen molar-refractivity contribution in [1.29, 1.82) is 0 Å². The zero-order valence-electron chi connectivity index (χ0n) is 10.6. The van der Waals surface area contributed by atoms with Crippen LogP contribution >= 0.6 is 15.9 Å². The van der Waals surface area contributed by atoms with E-state index in [0.29, 0.717) is 6.04 Å². The van der Waals surface area contributed by atoms with Gasteiger partial charge in [-0.3, -0.25) is 4.68 Å². The summed E-state index contributed by atoms with van der Waals surface area (Å²) in [6.45, 7) is 4.28. The number of piperidine rings is 1. The molecule has 0 spiro atoms. The van der Waals surface area contributed by atoms with Gasteiger partial charge in [-0.1, -0.05) is 0 Å². The van der Waals surface area contributed by atoms with Gasteiger partial charge >= 0.3 is 0 Å². The van der Waals surface area contributed by atoms with Crippen molar-refractivity contribution >= 4 is 15.9 Å². The van der Waals surface area contributed by atoms with E-state index in [1.54, 1.807) is 0 Å². The lowest BCUT2D eigenvalue weighted by Crippen LogP contribution is -2.44. The molecule has 2 saturated heterocycles. The van der Waals surface area contributed by atoms with Crippen molar-refractivity contribution in [3.05, 3.63) is 16.9 Å². The monoisotopic (exact) mass is 313 g/mol. The van der Waals surface area contributed by atoms with Crippen LogP contribution in [0.25, 0.3) is 0 Å². The molecule has 100 valence electrons. The topological polar surface area (TPSA) is 30.3 Å². The number of aromatic nitrogens is 2. The van der Waals surface area contributed by atoms with Crippen LogP contribution < -0.4 is 0 Å². The maximum atomic E-state index is 5.44. The van der Waals surface area contributed by atoms with E-state index in [9.17, 15) is 0 Å². The van der Waals surface area contributed by atoms with Crippen molar-refractivity contribution in [2.45, 2.75) is 37.8 Å². The Labute approximate surface area is 116 Å². The molecule has 0 aromatic carbocycles. The van der Waals surface area contributed by atoms with Crippen LogP contribution in [-0.2, 0) is 4.74 Å². The lowest BCUT2D eigenvalue weighted by Gasteiger charge is -2.39. The molecular weight excluding hydrogens is 294 g/mol. The number of hydrogen-bond donors (Lipinski definition) is 0. The van der Waals surface area contributed by atoms with E-state index in [-0.39, 0.29) is 0 Å². The second-order valence-electron chi connectivity index (χ2n) is 5.23. The van der Waals surface area contributed by atoms with E-state index in [0.717, 1.165) is 23.9 Å². The molecule has 1 aromatic rings. The zero-order chi connectivity index (χ0) is 12.4. The maximum Gasteiger partial charge on any atom is 0.128 e. The molecule has 1 aromatic heterocycles. The third-order valence-electron chi connectivity index (χ3n) is 4.16. The predicted molar refractivity (Wildman–Crippen MR) is 73.6 cm³/mol. The first kappa shape index (κ1) is 12.6. The van der Waals surface area contributed by atoms with Gasteiger partial charge in [-0.25, -0.2) is 0 Å². The Bertz CT molecular complexity index is 381. The average molecular weight is 314 g/mol. The second kappa shape index (κ2) is 5.72. The standard InChI is InChI=1S/C13H20BrN3O/c14-13-3-8-17(15-13)12-1-6-16(7-2-12)11-4-9-18-10-5-11/h3,8,11-12H,1-2,4-7,9-10H2. The fraction of sp³-hybridized carbons (Fsp3) is 0.769. The van der Waals surface area contributed by atoms with Gasteiger partial charge < -0.3 is 9.64 Å². The van der Waals surface area contributed by atoms with Crippen molar-refractivity contribution in [1.82, 2.24) is 14.7 Å². The van der Waals surface area contributed by atoms with Crippen molar-refractivity contribution in [2.75, 3.05) is 26.3 Å². The fourth-order valence-corrected chi connectivity index (χ4v) is 3.39. The highest BCUT2D eigenvalue weighted by atomic mass is 79.9. The first-order chi connectivity index (χ1) is 8.83. The first-order valence-electron chi connectivity index (χ1n) is 6.85. The van der Waals surface area contributed by atoms with Crippen molar-refractivity contribution in [2.24, 2.45) is 0 Å². The summed E-state index contributed by atoms with van der Waals surface area (Å²) < 4.78 is 8.49. The molecule has 0 amide bonds. The number of rotatable bonds is 2. The lowest BCUT2D eigenvalue weighted by molar-refractivity contribution is 0.0212. The lowest BCUT2D eigenvalue weighted by atomic mass is 10.00. The molecule has 0 aliphatic carbocycles. The second-order valence-corrected chi connectivity index (χ2v) is 6.04. The minimum atomic E-state index is 0.576. The minimum Gasteiger partial charge on any atom is -0.381 e. The number of likely N-dealkylation sites (tertiary alicyclic amines) is 1. The van der Waals surface area contributed by atoms with Crippen LogP contribution in [0.4, 0.5) is 0 Å². The molecule has 2 aliphatic heterocycles. The Morgan fingerprint density at radius 1 is 1.11 bits per heavy atom. The summed E-state index contributed by atoms with van der Waals surface area (Å²) >= 11 is 3.42. The summed E-state index contributed by atoms with van der Waals surface area (Å²) in [6, 6.07) is 3.35. The largest absolute Gasteiger partial charge is 0.381 e. The Morgan fingerprint density at radius 3 is 2.44 bits per heavy atom. The summed E-state index contributed by atoms with van der Waals surface area (Å²) in [5.41, 5.74) is 0. The van der Waals surface area contributed by atoms with Gasteiger partial charge in [0.2, 0.25) is 0 Å². The Morgan fingerprint density at radius 2 is 1.83 bits per heavy atom. The first-order valence-corrected chi connectivity index (χ1v) is 7.64. The molecule has 18 heavy (non-hydrogen) atoms. The van der Waals surface area contributed by atoms with Gasteiger partial charge in [0.05, 0.1) is 6.04 Å². The Balaban J connectivity index is 1.54. The third-order valence-corrected chi connectivity index (χ3v) is 4.58. The molecule has 5 heteroatoms. The van der Waals surface area contributed by atoms with E-state index in [2.05, 4.69) is 36.8 Å². The summed E-state index contributed by atoms with van der Waals surface area (Å²) in [4.78, 5) is 2.65. The van der Waals surface area contributed by atoms with Gasteiger partial charge in [0.1, 0.15) is 4.60 Å². The molecule has 0 N–H and O–H groups in total. The average Bonchev–Trinajstić information content (AvgIpc) is 2.87. The van der Waals surface area contributed by atoms with E-state index >= 15 is 0 Å². The van der Waals surface area contributed by atoms with Crippen LogP contribution in [-0.4, -0.2) is 47.0 Å². The molecule has 4 nitrogen and oxygen atoms in total. The SMILES string of the molecule is Brc1ccn(C2CCN(C3CCOCC3)CC2)n1. The van der Waals surface area contributed by atoms with Crippen LogP contribution in [0.15, 0.2) is 16.9 Å². The van der Waals surface area contributed by atoms with Crippen LogP contribution in [0.5, 0.6) is 0 Å². The molecule has 0 bridgehead atoms. The molecule has 0 unspecified atom stereocenters. The normalized spacial score (nSPS) is 24.5. The maximum absolute atomic E-state index is 5.44. The number of halogens is 1. The highest BCUT2D eigenvalue weighted by Gasteiger charge is 2.27. The summed E-state index contributed by atoms with van der Waals surface area (Å²) in [5, 5.41) is 4.47. The smallest absolute Gasteiger partial charge is 0.128 e. The van der Waals surface area contributed by atoms with Crippen LogP contribution in [0.2, 0.25) is 0 Å². The fourth-order valence-electron chi connectivity index (χ4n) is 3.08. The number of hydrogen-bond acceptors (Lipinski definition) is 3. The third kappa shape index (κ3) is 2.78. The van der Waals surface area contributed by atoms with Gasteiger partial charge in [0.25, 0.3) is 0 Å². The molecule has 3 heterocycles. The highest BCUT2D eigenvalue weighted by molar-refractivity contribution is 9.10. The van der Waals surface area contributed by atoms with E-state index < -0.39 is 0 Å².